The highest BCUT2D eigenvalue weighted by Crippen LogP contribution is 2.42. The largest absolute Gasteiger partial charge is 0.113 e. The molecule has 192 valence electrons. The fraction of sp³-hybridized carbons (Fsp3) is 0.105. The Hall–Kier alpha value is -3.99. The Morgan fingerprint density at radius 1 is 0.375 bits per heavy atom. The van der Waals surface area contributed by atoms with Crippen LogP contribution in [-0.4, -0.2) is 16.1 Å². The number of rotatable bonds is 2. The van der Waals surface area contributed by atoms with E-state index < -0.39 is 16.1 Å². The van der Waals surface area contributed by atoms with Gasteiger partial charge in [0, 0.05) is 0 Å². The lowest BCUT2D eigenvalue weighted by Crippen LogP contribution is -2.63. The minimum absolute atomic E-state index is 1.30. The van der Waals surface area contributed by atoms with Gasteiger partial charge in [-0.2, -0.15) is 0 Å². The molecule has 0 radical (unpaired) electrons. The molecule has 0 nitrogen and oxygen atoms in total. The van der Waals surface area contributed by atoms with Crippen LogP contribution in [0.15, 0.2) is 121 Å². The highest BCUT2D eigenvalue weighted by molar-refractivity contribution is 7.13. The molecule has 0 spiro atoms. The molecule has 0 saturated carbocycles. The summed E-state index contributed by atoms with van der Waals surface area (Å²) < 4.78 is 0. The molecule has 0 aromatic heterocycles. The Kier molecular flexibility index (Phi) is 4.93. The van der Waals surface area contributed by atoms with Gasteiger partial charge in [0.05, 0.1) is 0 Å². The second-order valence-electron chi connectivity index (χ2n) is 12.5. The Balaban J connectivity index is 1.43. The molecule has 0 bridgehead atoms. The van der Waals surface area contributed by atoms with E-state index in [1.165, 1.54) is 55.3 Å². The predicted octanol–water partition coefficient (Wildman–Crippen LogP) is 7.78. The summed E-state index contributed by atoms with van der Waals surface area (Å²) >= 11 is 0. The van der Waals surface area contributed by atoms with Gasteiger partial charge in [-0.25, -0.2) is 0 Å². The second-order valence-corrected chi connectivity index (χ2v) is 21.1. The summed E-state index contributed by atoms with van der Waals surface area (Å²) in [5.74, 6) is 0. The Labute approximate surface area is 239 Å². The molecule has 0 amide bonds. The van der Waals surface area contributed by atoms with Crippen LogP contribution in [0.2, 0.25) is 26.2 Å². The summed E-state index contributed by atoms with van der Waals surface area (Å²) in [6, 6.07) is 45.6. The molecule has 40 heavy (non-hydrogen) atoms. The van der Waals surface area contributed by atoms with Crippen molar-refractivity contribution < 1.29 is 0 Å². The van der Waals surface area contributed by atoms with E-state index in [0.717, 1.165) is 0 Å². The van der Waals surface area contributed by atoms with E-state index in [4.69, 9.17) is 0 Å². The highest BCUT2D eigenvalue weighted by atomic mass is 28.3. The lowest BCUT2D eigenvalue weighted by Gasteiger charge is -2.29. The SMILES string of the molecule is C[Si]1(C)c2cc(-c3ccccc3)ccc2-c2c1c1c(c3ccccc23)-c2ccc(-c3ccccc3)cc2[Si]1(C)C. The molecule has 0 unspecified atom stereocenters. The molecule has 2 heteroatoms. The molecular formula is C38H32Si2. The van der Waals surface area contributed by atoms with E-state index in [1.807, 2.05) is 0 Å². The number of benzene rings is 6. The van der Waals surface area contributed by atoms with Crippen LogP contribution in [-0.2, 0) is 0 Å². The van der Waals surface area contributed by atoms with Crippen LogP contribution >= 0.6 is 0 Å². The molecule has 2 heterocycles. The van der Waals surface area contributed by atoms with Gasteiger partial charge in [0.15, 0.2) is 0 Å². The normalized spacial score (nSPS) is 15.4. The Morgan fingerprint density at radius 2 is 0.750 bits per heavy atom. The van der Waals surface area contributed by atoms with E-state index in [2.05, 4.69) is 148 Å². The number of fused-ring (bicyclic) bond motifs is 10. The minimum atomic E-state index is -1.99. The minimum Gasteiger partial charge on any atom is -0.0622 e. The quantitative estimate of drug-likeness (QED) is 0.195. The van der Waals surface area contributed by atoms with E-state index in [9.17, 15) is 0 Å². The van der Waals surface area contributed by atoms with Crippen molar-refractivity contribution in [1.29, 1.82) is 0 Å². The summed E-state index contributed by atoms with van der Waals surface area (Å²) in [5, 5.41) is 9.44. The maximum Gasteiger partial charge on any atom is 0.113 e. The lowest BCUT2D eigenvalue weighted by atomic mass is 9.91. The van der Waals surface area contributed by atoms with Gasteiger partial charge in [-0.05, 0) is 76.0 Å². The number of hydrogen-bond donors (Lipinski definition) is 0. The van der Waals surface area contributed by atoms with Crippen molar-refractivity contribution in [3.63, 3.8) is 0 Å². The topological polar surface area (TPSA) is 0 Å². The first-order chi connectivity index (χ1) is 19.4. The fourth-order valence-corrected chi connectivity index (χ4v) is 16.2. The predicted molar refractivity (Wildman–Crippen MR) is 179 cm³/mol. The van der Waals surface area contributed by atoms with Crippen LogP contribution in [0.4, 0.5) is 0 Å². The lowest BCUT2D eigenvalue weighted by molar-refractivity contribution is 1.63. The highest BCUT2D eigenvalue weighted by Gasteiger charge is 2.49. The zero-order chi connectivity index (χ0) is 27.2. The maximum absolute atomic E-state index is 2.60. The Bertz CT molecular complexity index is 1840. The van der Waals surface area contributed by atoms with Gasteiger partial charge in [-0.15, -0.1) is 0 Å². The van der Waals surface area contributed by atoms with Gasteiger partial charge >= 0.3 is 0 Å². The first-order valence-corrected chi connectivity index (χ1v) is 20.4. The first-order valence-electron chi connectivity index (χ1n) is 14.4. The summed E-state index contributed by atoms with van der Waals surface area (Å²) in [7, 11) is -3.98. The van der Waals surface area contributed by atoms with Gasteiger partial charge in [-0.3, -0.25) is 0 Å². The van der Waals surface area contributed by atoms with Crippen LogP contribution in [0.5, 0.6) is 0 Å². The van der Waals surface area contributed by atoms with Crippen LogP contribution in [0.3, 0.4) is 0 Å². The van der Waals surface area contributed by atoms with Crippen molar-refractivity contribution in [2.75, 3.05) is 0 Å². The molecule has 0 aliphatic carbocycles. The maximum atomic E-state index is 2.60. The van der Waals surface area contributed by atoms with Gasteiger partial charge in [0.1, 0.15) is 16.1 Å². The van der Waals surface area contributed by atoms with Crippen LogP contribution in [0.25, 0.3) is 55.3 Å². The summed E-state index contributed by atoms with van der Waals surface area (Å²) in [6.07, 6.45) is 0. The number of hydrogen-bond acceptors (Lipinski definition) is 0. The van der Waals surface area contributed by atoms with Gasteiger partial charge < -0.3 is 0 Å². The summed E-state index contributed by atoms with van der Waals surface area (Å²) in [6.45, 7) is 10.4. The van der Waals surface area contributed by atoms with Gasteiger partial charge in [0.25, 0.3) is 0 Å². The second kappa shape index (κ2) is 8.26. The average Bonchev–Trinajstić information content (AvgIpc) is 3.37. The molecule has 6 aromatic rings. The molecule has 0 N–H and O–H groups in total. The van der Waals surface area contributed by atoms with Crippen molar-refractivity contribution in [3.05, 3.63) is 121 Å². The van der Waals surface area contributed by atoms with Gasteiger partial charge in [0.2, 0.25) is 0 Å². The third-order valence-electron chi connectivity index (χ3n) is 9.60. The van der Waals surface area contributed by atoms with Crippen molar-refractivity contribution in [2.24, 2.45) is 0 Å². The summed E-state index contributed by atoms with van der Waals surface area (Å²) in [5.41, 5.74) is 11.3. The van der Waals surface area contributed by atoms with Crippen LogP contribution < -0.4 is 20.7 Å². The Morgan fingerprint density at radius 3 is 1.15 bits per heavy atom. The van der Waals surface area contributed by atoms with Crippen molar-refractivity contribution in [1.82, 2.24) is 0 Å². The average molecular weight is 545 g/mol. The van der Waals surface area contributed by atoms with Crippen LogP contribution in [0.1, 0.15) is 0 Å². The van der Waals surface area contributed by atoms with Gasteiger partial charge in [-0.1, -0.05) is 148 Å². The zero-order valence-electron chi connectivity index (χ0n) is 23.5. The monoisotopic (exact) mass is 544 g/mol. The van der Waals surface area contributed by atoms with Crippen LogP contribution in [0, 0.1) is 0 Å². The van der Waals surface area contributed by atoms with E-state index in [1.54, 1.807) is 20.7 Å². The third kappa shape index (κ3) is 3.12. The molecule has 2 aliphatic heterocycles. The smallest absolute Gasteiger partial charge is 0.0622 e. The fourth-order valence-electron chi connectivity index (χ4n) is 7.70. The molecular weight excluding hydrogens is 513 g/mol. The van der Waals surface area contributed by atoms with Crippen molar-refractivity contribution in [3.8, 4) is 44.5 Å². The molecule has 0 saturated heterocycles. The first kappa shape index (κ1) is 23.9. The molecule has 8 rings (SSSR count). The molecule has 0 fully saturated rings. The van der Waals surface area contributed by atoms with Crippen molar-refractivity contribution >= 4 is 47.7 Å². The molecule has 0 atom stereocenters. The van der Waals surface area contributed by atoms with E-state index in [-0.39, 0.29) is 0 Å². The van der Waals surface area contributed by atoms with E-state index in [0.29, 0.717) is 0 Å². The third-order valence-corrected chi connectivity index (χ3v) is 16.9. The summed E-state index contributed by atoms with van der Waals surface area (Å²) in [4.78, 5) is 0. The standard InChI is InChI=1S/C38H32Si2/c1-39(2)33-23-27(25-13-7-5-8-14-25)19-21-31(33)35-29-17-11-12-18-30(29)36-32-22-20-28(26-15-9-6-10-16-26)24-34(32)40(3,4)38(36)37(35)39/h5-24H,1-4H3. The van der Waals surface area contributed by atoms with E-state index >= 15 is 0 Å². The molecule has 2 aliphatic rings. The van der Waals surface area contributed by atoms with Crippen molar-refractivity contribution in [2.45, 2.75) is 26.2 Å². The zero-order valence-corrected chi connectivity index (χ0v) is 25.5. The molecule has 6 aromatic carbocycles.